The molecule has 0 spiro atoms. The Labute approximate surface area is 159 Å². The van der Waals surface area contributed by atoms with Crippen molar-refractivity contribution in [2.24, 2.45) is 0 Å². The van der Waals surface area contributed by atoms with Gasteiger partial charge in [0.1, 0.15) is 11.0 Å². The average molecular weight is 383 g/mol. The van der Waals surface area contributed by atoms with Gasteiger partial charge in [0.25, 0.3) is 0 Å². The molecular formula is C21H16ClFN2O2. The number of pyridine rings is 1. The van der Waals surface area contributed by atoms with E-state index in [4.69, 9.17) is 16.3 Å². The zero-order valence-electron chi connectivity index (χ0n) is 14.6. The van der Waals surface area contributed by atoms with Gasteiger partial charge in [0, 0.05) is 34.5 Å². The van der Waals surface area contributed by atoms with Crippen molar-refractivity contribution < 1.29 is 13.9 Å². The van der Waals surface area contributed by atoms with Crippen LogP contribution >= 0.6 is 11.6 Å². The molecule has 27 heavy (non-hydrogen) atoms. The first-order valence-corrected chi connectivity index (χ1v) is 8.95. The number of ether oxygens (including phenoxy) is 1. The monoisotopic (exact) mass is 382 g/mol. The minimum atomic E-state index is -0.550. The molecule has 0 aliphatic carbocycles. The second-order valence-corrected chi connectivity index (χ2v) is 6.58. The second-order valence-electron chi connectivity index (χ2n) is 6.19. The third kappa shape index (κ3) is 3.15. The van der Waals surface area contributed by atoms with Crippen molar-refractivity contribution in [1.29, 1.82) is 0 Å². The summed E-state index contributed by atoms with van der Waals surface area (Å²) in [6, 6.07) is 12.3. The minimum absolute atomic E-state index is 0.192. The van der Waals surface area contributed by atoms with Crippen LogP contribution in [0.2, 0.25) is 5.15 Å². The van der Waals surface area contributed by atoms with Crippen LogP contribution in [0.4, 0.5) is 4.39 Å². The Morgan fingerprint density at radius 3 is 2.85 bits per heavy atom. The summed E-state index contributed by atoms with van der Waals surface area (Å²) in [4.78, 5) is 19.6. The number of hydrogen-bond acceptors (Lipinski definition) is 3. The summed E-state index contributed by atoms with van der Waals surface area (Å²) in [5, 5.41) is 1.89. The first kappa shape index (κ1) is 17.5. The molecule has 0 amide bonds. The minimum Gasteiger partial charge on any atom is -0.462 e. The predicted octanol–water partition coefficient (Wildman–Crippen LogP) is 5.28. The number of rotatable bonds is 4. The molecule has 136 valence electrons. The average Bonchev–Trinajstić information content (AvgIpc) is 3.03. The largest absolute Gasteiger partial charge is 0.462 e. The fourth-order valence-corrected chi connectivity index (χ4v) is 3.56. The lowest BCUT2D eigenvalue weighted by Crippen LogP contribution is -2.07. The van der Waals surface area contributed by atoms with Crippen LogP contribution in [0.15, 0.2) is 48.7 Å². The third-order valence-electron chi connectivity index (χ3n) is 4.50. The number of para-hydroxylation sites is 1. The van der Waals surface area contributed by atoms with E-state index in [1.54, 1.807) is 25.3 Å². The number of esters is 1. The summed E-state index contributed by atoms with van der Waals surface area (Å²) >= 11 is 5.97. The van der Waals surface area contributed by atoms with Gasteiger partial charge in [0.05, 0.1) is 17.7 Å². The third-order valence-corrected chi connectivity index (χ3v) is 4.71. The molecule has 0 bridgehead atoms. The van der Waals surface area contributed by atoms with Crippen LogP contribution in [0.3, 0.4) is 0 Å². The van der Waals surface area contributed by atoms with Crippen LogP contribution in [-0.4, -0.2) is 22.5 Å². The number of benzene rings is 2. The normalized spacial score (nSPS) is 11.2. The van der Waals surface area contributed by atoms with Gasteiger partial charge in [-0.3, -0.25) is 0 Å². The number of halogens is 2. The summed E-state index contributed by atoms with van der Waals surface area (Å²) < 4.78 is 20.2. The van der Waals surface area contributed by atoms with E-state index in [0.29, 0.717) is 28.0 Å². The van der Waals surface area contributed by atoms with Crippen molar-refractivity contribution >= 4 is 39.4 Å². The van der Waals surface area contributed by atoms with E-state index in [0.717, 1.165) is 16.5 Å². The lowest BCUT2D eigenvalue weighted by atomic mass is 9.97. The highest BCUT2D eigenvalue weighted by Gasteiger charge is 2.21. The number of H-pyrrole nitrogens is 1. The highest BCUT2D eigenvalue weighted by molar-refractivity contribution is 6.29. The summed E-state index contributed by atoms with van der Waals surface area (Å²) in [6.45, 7) is 1.94. The Morgan fingerprint density at radius 1 is 1.26 bits per heavy atom. The van der Waals surface area contributed by atoms with E-state index < -0.39 is 11.8 Å². The van der Waals surface area contributed by atoms with E-state index >= 15 is 4.39 Å². The van der Waals surface area contributed by atoms with Gasteiger partial charge in [-0.25, -0.2) is 14.2 Å². The SMILES string of the molecule is CCOC(=O)c1cc(F)c(Cc2ccnc(Cl)c2)c2c1[nH]c1ccccc12. The molecule has 0 saturated carbocycles. The number of hydrogen-bond donors (Lipinski definition) is 1. The van der Waals surface area contributed by atoms with Gasteiger partial charge in [-0.1, -0.05) is 29.8 Å². The Hall–Kier alpha value is -2.92. The molecule has 4 rings (SSSR count). The first-order valence-electron chi connectivity index (χ1n) is 8.57. The van der Waals surface area contributed by atoms with Gasteiger partial charge >= 0.3 is 5.97 Å². The Morgan fingerprint density at radius 2 is 2.07 bits per heavy atom. The fourth-order valence-electron chi connectivity index (χ4n) is 3.36. The van der Waals surface area contributed by atoms with E-state index in [-0.39, 0.29) is 12.2 Å². The van der Waals surface area contributed by atoms with Crippen molar-refractivity contribution in [3.63, 3.8) is 0 Å². The van der Waals surface area contributed by atoms with Gasteiger partial charge in [-0.05, 0) is 36.8 Å². The maximum absolute atomic E-state index is 15.1. The number of carbonyl (C=O) groups is 1. The molecule has 2 aromatic heterocycles. The van der Waals surface area contributed by atoms with E-state index in [2.05, 4.69) is 9.97 Å². The Balaban J connectivity index is 1.99. The van der Waals surface area contributed by atoms with Crippen LogP contribution in [0, 0.1) is 5.82 Å². The summed E-state index contributed by atoms with van der Waals surface area (Å²) in [5.41, 5.74) is 2.93. The maximum Gasteiger partial charge on any atom is 0.340 e. The molecule has 2 aromatic carbocycles. The van der Waals surface area contributed by atoms with Crippen LogP contribution < -0.4 is 0 Å². The standard InChI is InChI=1S/C21H16ClFN2O2/c1-2-27-21(26)15-11-16(23)14(9-12-7-8-24-18(22)10-12)19-13-5-3-4-6-17(13)25-20(15)19/h3-8,10-11,25H,2,9H2,1H3. The molecule has 0 fully saturated rings. The van der Waals surface area contributed by atoms with E-state index in [1.807, 2.05) is 24.3 Å². The van der Waals surface area contributed by atoms with E-state index in [1.165, 1.54) is 6.07 Å². The first-order chi connectivity index (χ1) is 13.1. The number of carbonyl (C=O) groups excluding carboxylic acids is 1. The molecule has 4 nitrogen and oxygen atoms in total. The predicted molar refractivity (Wildman–Crippen MR) is 104 cm³/mol. The Bertz CT molecular complexity index is 1170. The number of nitrogens with zero attached hydrogens (tertiary/aromatic N) is 1. The lowest BCUT2D eigenvalue weighted by molar-refractivity contribution is 0.0528. The van der Waals surface area contributed by atoms with Gasteiger partial charge < -0.3 is 9.72 Å². The van der Waals surface area contributed by atoms with Gasteiger partial charge in [-0.15, -0.1) is 0 Å². The van der Waals surface area contributed by atoms with Crippen LogP contribution in [-0.2, 0) is 11.2 Å². The molecule has 0 saturated heterocycles. The van der Waals surface area contributed by atoms with Gasteiger partial charge in [0.15, 0.2) is 0 Å². The van der Waals surface area contributed by atoms with Crippen LogP contribution in [0.1, 0.15) is 28.4 Å². The van der Waals surface area contributed by atoms with Gasteiger partial charge in [-0.2, -0.15) is 0 Å². The van der Waals surface area contributed by atoms with Gasteiger partial charge in [0.2, 0.25) is 0 Å². The van der Waals surface area contributed by atoms with Crippen molar-refractivity contribution in [2.45, 2.75) is 13.3 Å². The van der Waals surface area contributed by atoms with Crippen molar-refractivity contribution in [1.82, 2.24) is 9.97 Å². The Kier molecular flexibility index (Phi) is 4.54. The number of fused-ring (bicyclic) bond motifs is 3. The maximum atomic E-state index is 15.1. The van der Waals surface area contributed by atoms with E-state index in [9.17, 15) is 4.79 Å². The molecule has 0 atom stereocenters. The number of nitrogens with one attached hydrogen (secondary N) is 1. The highest BCUT2D eigenvalue weighted by atomic mass is 35.5. The molecule has 0 aliphatic rings. The molecule has 0 aliphatic heterocycles. The van der Waals surface area contributed by atoms with Crippen molar-refractivity contribution in [3.8, 4) is 0 Å². The van der Waals surface area contributed by atoms with Crippen molar-refractivity contribution in [3.05, 3.63) is 76.3 Å². The number of aromatic amines is 1. The summed E-state index contributed by atoms with van der Waals surface area (Å²) in [5.74, 6) is -1.00. The molecule has 1 N–H and O–H groups in total. The molecule has 4 aromatic rings. The molecule has 0 unspecified atom stereocenters. The summed E-state index contributed by atoms with van der Waals surface area (Å²) in [7, 11) is 0. The topological polar surface area (TPSA) is 55.0 Å². The zero-order valence-corrected chi connectivity index (χ0v) is 15.3. The molecule has 6 heteroatoms. The fraction of sp³-hybridized carbons (Fsp3) is 0.143. The second kappa shape index (κ2) is 7.00. The van der Waals surface area contributed by atoms with Crippen molar-refractivity contribution in [2.75, 3.05) is 6.61 Å². The van der Waals surface area contributed by atoms with Crippen LogP contribution in [0.5, 0.6) is 0 Å². The smallest absolute Gasteiger partial charge is 0.340 e. The zero-order chi connectivity index (χ0) is 19.0. The lowest BCUT2D eigenvalue weighted by Gasteiger charge is -2.10. The molecule has 0 radical (unpaired) electrons. The van der Waals surface area contributed by atoms with Crippen LogP contribution in [0.25, 0.3) is 21.8 Å². The quantitative estimate of drug-likeness (QED) is 0.386. The number of aromatic nitrogens is 2. The molecular weight excluding hydrogens is 367 g/mol. The summed E-state index contributed by atoms with van der Waals surface area (Å²) in [6.07, 6.45) is 1.92. The molecule has 2 heterocycles. The highest BCUT2D eigenvalue weighted by Crippen LogP contribution is 2.34.